The van der Waals surface area contributed by atoms with E-state index in [1.807, 2.05) is 36.4 Å². The Morgan fingerprint density at radius 2 is 1.47 bits per heavy atom. The first-order valence-corrected chi connectivity index (χ1v) is 6.32. The lowest BCUT2D eigenvalue weighted by Crippen LogP contribution is -2.15. The van der Waals surface area contributed by atoms with Crippen LogP contribution in [-0.2, 0) is 0 Å². The molecule has 0 spiro atoms. The highest BCUT2D eigenvalue weighted by Crippen LogP contribution is 2.46. The van der Waals surface area contributed by atoms with Crippen molar-refractivity contribution in [1.29, 1.82) is 10.5 Å². The van der Waals surface area contributed by atoms with E-state index in [4.69, 9.17) is 11.6 Å². The molecule has 2 aromatic carbocycles. The van der Waals surface area contributed by atoms with E-state index < -0.39 is 11.8 Å². The summed E-state index contributed by atoms with van der Waals surface area (Å²) in [4.78, 5) is 0. The third-order valence-electron chi connectivity index (χ3n) is 3.55. The maximum absolute atomic E-state index is 9.40. The van der Waals surface area contributed by atoms with Gasteiger partial charge in [0.2, 0.25) is 0 Å². The Morgan fingerprint density at radius 1 is 0.842 bits per heavy atom. The van der Waals surface area contributed by atoms with Gasteiger partial charge in [-0.15, -0.1) is 0 Å². The Hall–Kier alpha value is -2.29. The molecule has 2 atom stereocenters. The van der Waals surface area contributed by atoms with Gasteiger partial charge in [-0.3, -0.25) is 0 Å². The van der Waals surface area contributed by atoms with E-state index in [1.54, 1.807) is 6.07 Å². The van der Waals surface area contributed by atoms with Crippen molar-refractivity contribution >= 4 is 11.6 Å². The average Bonchev–Trinajstić information content (AvgIpc) is 2.45. The van der Waals surface area contributed by atoms with Crippen molar-refractivity contribution < 1.29 is 0 Å². The van der Waals surface area contributed by atoms with Gasteiger partial charge in [0.25, 0.3) is 0 Å². The Balaban J connectivity index is 2.36. The molecule has 0 fully saturated rings. The topological polar surface area (TPSA) is 47.6 Å². The summed E-state index contributed by atoms with van der Waals surface area (Å²) in [6.07, 6.45) is 0. The molecule has 0 aliphatic heterocycles. The van der Waals surface area contributed by atoms with Crippen LogP contribution in [0.2, 0.25) is 5.02 Å². The zero-order chi connectivity index (χ0) is 13.4. The van der Waals surface area contributed by atoms with Gasteiger partial charge in [0.15, 0.2) is 0 Å². The van der Waals surface area contributed by atoms with Crippen molar-refractivity contribution in [3.05, 3.63) is 58.6 Å². The van der Waals surface area contributed by atoms with E-state index in [-0.39, 0.29) is 0 Å². The first kappa shape index (κ1) is 11.8. The predicted octanol–water partition coefficient (Wildman–Crippen LogP) is 4.23. The lowest BCUT2D eigenvalue weighted by atomic mass is 9.73. The quantitative estimate of drug-likeness (QED) is 0.715. The van der Waals surface area contributed by atoms with Crippen molar-refractivity contribution in [2.24, 2.45) is 0 Å². The zero-order valence-electron chi connectivity index (χ0n) is 9.97. The fourth-order valence-corrected chi connectivity index (χ4v) is 2.87. The van der Waals surface area contributed by atoms with Gasteiger partial charge in [-0.1, -0.05) is 41.9 Å². The number of benzene rings is 2. The summed E-state index contributed by atoms with van der Waals surface area (Å²) in [7, 11) is 0. The molecule has 0 N–H and O–H groups in total. The molecule has 90 valence electrons. The van der Waals surface area contributed by atoms with Gasteiger partial charge in [-0.05, 0) is 34.4 Å². The van der Waals surface area contributed by atoms with E-state index in [1.165, 1.54) is 0 Å². The molecule has 0 radical (unpaired) electrons. The number of hydrogen-bond donors (Lipinski definition) is 0. The highest BCUT2D eigenvalue weighted by Gasteiger charge is 2.33. The SMILES string of the molecule is N#C[C@@H]1c2ccccc2-c2cc(Cl)ccc2[C@H]1C#N. The number of rotatable bonds is 0. The molecular formula is C16H9ClN2. The molecule has 3 rings (SSSR count). The summed E-state index contributed by atoms with van der Waals surface area (Å²) in [5.74, 6) is -0.859. The van der Waals surface area contributed by atoms with Crippen LogP contribution in [0.1, 0.15) is 23.0 Å². The summed E-state index contributed by atoms with van der Waals surface area (Å²) < 4.78 is 0. The number of hydrogen-bond acceptors (Lipinski definition) is 2. The van der Waals surface area contributed by atoms with Crippen LogP contribution in [0.5, 0.6) is 0 Å². The number of nitrogens with zero attached hydrogens (tertiary/aromatic N) is 2. The predicted molar refractivity (Wildman–Crippen MR) is 73.6 cm³/mol. The average molecular weight is 265 g/mol. The summed E-state index contributed by atoms with van der Waals surface area (Å²) in [5.41, 5.74) is 3.75. The van der Waals surface area contributed by atoms with Crippen LogP contribution in [0.3, 0.4) is 0 Å². The Bertz CT molecular complexity index is 737. The minimum atomic E-state index is -0.438. The maximum atomic E-state index is 9.40. The lowest BCUT2D eigenvalue weighted by molar-refractivity contribution is 0.751. The highest BCUT2D eigenvalue weighted by atomic mass is 35.5. The molecule has 0 saturated heterocycles. The van der Waals surface area contributed by atoms with Crippen molar-refractivity contribution in [3.63, 3.8) is 0 Å². The van der Waals surface area contributed by atoms with Gasteiger partial charge in [0.05, 0.1) is 24.0 Å². The first-order valence-electron chi connectivity index (χ1n) is 5.94. The van der Waals surface area contributed by atoms with Gasteiger partial charge in [-0.25, -0.2) is 0 Å². The smallest absolute Gasteiger partial charge is 0.0918 e. The van der Waals surface area contributed by atoms with Crippen molar-refractivity contribution in [1.82, 2.24) is 0 Å². The molecule has 1 aliphatic carbocycles. The third-order valence-corrected chi connectivity index (χ3v) is 3.78. The molecular weight excluding hydrogens is 256 g/mol. The van der Waals surface area contributed by atoms with Gasteiger partial charge in [0, 0.05) is 5.02 Å². The lowest BCUT2D eigenvalue weighted by Gasteiger charge is -2.27. The van der Waals surface area contributed by atoms with Crippen LogP contribution in [0.15, 0.2) is 42.5 Å². The molecule has 0 bridgehead atoms. The highest BCUT2D eigenvalue weighted by molar-refractivity contribution is 6.31. The number of fused-ring (bicyclic) bond motifs is 3. The summed E-state index contributed by atoms with van der Waals surface area (Å²) >= 11 is 6.06. The second-order valence-electron chi connectivity index (χ2n) is 4.53. The fraction of sp³-hybridized carbons (Fsp3) is 0.125. The van der Waals surface area contributed by atoms with Crippen LogP contribution < -0.4 is 0 Å². The van der Waals surface area contributed by atoms with Crippen molar-refractivity contribution in [2.75, 3.05) is 0 Å². The standard InChI is InChI=1S/C16H9ClN2/c17-10-5-6-13-14(7-10)11-3-1-2-4-12(11)15(8-18)16(13)9-19/h1-7,15-16H/t15-,16-/m1/s1. The molecule has 1 aliphatic rings. The molecule has 0 aromatic heterocycles. The molecule has 19 heavy (non-hydrogen) atoms. The summed E-state index contributed by atoms with van der Waals surface area (Å²) in [6.45, 7) is 0. The molecule has 0 heterocycles. The summed E-state index contributed by atoms with van der Waals surface area (Å²) in [5, 5.41) is 19.4. The second-order valence-corrected chi connectivity index (χ2v) is 4.97. The van der Waals surface area contributed by atoms with Gasteiger partial charge >= 0.3 is 0 Å². The van der Waals surface area contributed by atoms with E-state index in [9.17, 15) is 10.5 Å². The fourth-order valence-electron chi connectivity index (χ4n) is 2.69. The van der Waals surface area contributed by atoms with Crippen LogP contribution in [-0.4, -0.2) is 0 Å². The number of halogens is 1. The number of nitriles is 2. The van der Waals surface area contributed by atoms with E-state index in [0.717, 1.165) is 22.3 Å². The van der Waals surface area contributed by atoms with Crippen LogP contribution in [0.25, 0.3) is 11.1 Å². The van der Waals surface area contributed by atoms with Gasteiger partial charge < -0.3 is 0 Å². The minimum absolute atomic E-state index is 0.421. The molecule has 0 saturated carbocycles. The summed E-state index contributed by atoms with van der Waals surface area (Å²) in [6, 6.07) is 17.7. The largest absolute Gasteiger partial charge is 0.198 e. The van der Waals surface area contributed by atoms with Crippen molar-refractivity contribution in [3.8, 4) is 23.3 Å². The molecule has 2 aromatic rings. The minimum Gasteiger partial charge on any atom is -0.198 e. The van der Waals surface area contributed by atoms with E-state index in [2.05, 4.69) is 12.1 Å². The van der Waals surface area contributed by atoms with Gasteiger partial charge in [0.1, 0.15) is 0 Å². The Labute approximate surface area is 116 Å². The van der Waals surface area contributed by atoms with Gasteiger partial charge in [-0.2, -0.15) is 10.5 Å². The van der Waals surface area contributed by atoms with Crippen LogP contribution in [0.4, 0.5) is 0 Å². The molecule has 3 heteroatoms. The zero-order valence-corrected chi connectivity index (χ0v) is 10.7. The normalized spacial score (nSPS) is 19.7. The molecule has 0 amide bonds. The molecule has 0 unspecified atom stereocenters. The van der Waals surface area contributed by atoms with Crippen LogP contribution in [0, 0.1) is 22.7 Å². The van der Waals surface area contributed by atoms with E-state index in [0.29, 0.717) is 5.02 Å². The maximum Gasteiger partial charge on any atom is 0.0918 e. The Morgan fingerprint density at radius 3 is 2.16 bits per heavy atom. The first-order chi connectivity index (χ1) is 9.26. The monoisotopic (exact) mass is 264 g/mol. The molecule has 2 nitrogen and oxygen atoms in total. The second kappa shape index (κ2) is 4.43. The Kier molecular flexibility index (Phi) is 2.75. The van der Waals surface area contributed by atoms with Crippen molar-refractivity contribution in [2.45, 2.75) is 11.8 Å². The van der Waals surface area contributed by atoms with E-state index >= 15 is 0 Å². The third kappa shape index (κ3) is 1.70. The van der Waals surface area contributed by atoms with Crippen LogP contribution >= 0.6 is 11.6 Å².